The van der Waals surface area contributed by atoms with Crippen molar-refractivity contribution in [3.8, 4) is 11.8 Å². The Kier molecular flexibility index (Phi) is 4.16. The lowest BCUT2D eigenvalue weighted by atomic mass is 10.1. The molecule has 25 heavy (non-hydrogen) atoms. The summed E-state index contributed by atoms with van der Waals surface area (Å²) in [6.45, 7) is 0.0643. The van der Waals surface area contributed by atoms with Crippen LogP contribution in [0.5, 0.6) is 5.75 Å². The van der Waals surface area contributed by atoms with Gasteiger partial charge < -0.3 is 4.74 Å². The van der Waals surface area contributed by atoms with E-state index in [9.17, 15) is 0 Å². The molecule has 0 amide bonds. The number of hydrogen-bond donors (Lipinski definition) is 0. The molecule has 0 fully saturated rings. The predicted octanol–water partition coefficient (Wildman–Crippen LogP) is 5.52. The van der Waals surface area contributed by atoms with Gasteiger partial charge in [0, 0.05) is 5.39 Å². The van der Waals surface area contributed by atoms with Crippen LogP contribution >= 0.6 is 11.3 Å². The molecule has 120 valence electrons. The van der Waals surface area contributed by atoms with Crippen molar-refractivity contribution in [2.75, 3.05) is 6.61 Å². The van der Waals surface area contributed by atoms with Crippen LogP contribution in [0.4, 0.5) is 0 Å². The van der Waals surface area contributed by atoms with Gasteiger partial charge >= 0.3 is 0 Å². The van der Waals surface area contributed by atoms with Crippen LogP contribution in [0.3, 0.4) is 0 Å². The van der Waals surface area contributed by atoms with Crippen LogP contribution in [-0.4, -0.2) is 11.6 Å². The van der Waals surface area contributed by atoms with E-state index < -0.39 is 0 Å². The fourth-order valence-corrected chi connectivity index (χ4v) is 3.59. The Morgan fingerprint density at radius 2 is 1.84 bits per heavy atom. The van der Waals surface area contributed by atoms with E-state index in [2.05, 4.69) is 24.3 Å². The quantitative estimate of drug-likeness (QED) is 0.490. The Morgan fingerprint density at radius 3 is 2.68 bits per heavy atom. The van der Waals surface area contributed by atoms with E-state index in [4.69, 9.17) is 15.0 Å². The van der Waals surface area contributed by atoms with Crippen molar-refractivity contribution >= 4 is 44.5 Å². The predicted molar refractivity (Wildman–Crippen MR) is 104 cm³/mol. The molecule has 0 unspecified atom stereocenters. The molecular formula is C21H14N2OS. The molecule has 1 aromatic heterocycles. The van der Waals surface area contributed by atoms with Crippen molar-refractivity contribution < 1.29 is 4.74 Å². The minimum Gasteiger partial charge on any atom is -0.479 e. The summed E-state index contributed by atoms with van der Waals surface area (Å²) in [5, 5.41) is 11.9. The first kappa shape index (κ1) is 15.4. The van der Waals surface area contributed by atoms with Crippen LogP contribution in [0.25, 0.3) is 33.1 Å². The van der Waals surface area contributed by atoms with Crippen LogP contribution < -0.4 is 4.74 Å². The van der Waals surface area contributed by atoms with Crippen LogP contribution in [0.15, 0.2) is 60.7 Å². The lowest BCUT2D eigenvalue weighted by molar-refractivity contribution is 0.368. The number of nitrogens with zero attached hydrogens (tertiary/aromatic N) is 2. The summed E-state index contributed by atoms with van der Waals surface area (Å²) in [4.78, 5) is 4.78. The van der Waals surface area contributed by atoms with Crippen LogP contribution in [0, 0.1) is 11.3 Å². The third kappa shape index (κ3) is 3.23. The Labute approximate surface area is 149 Å². The standard InChI is InChI=1S/C21H14N2OS/c22-13-14-24-17-9-5-15(6-10-17)7-12-20-23-21-18-4-2-1-3-16(18)8-11-19(21)25-20/h1-12H,14H2/b12-7+. The lowest BCUT2D eigenvalue weighted by Crippen LogP contribution is -1.92. The van der Waals surface area contributed by atoms with Gasteiger partial charge in [0.1, 0.15) is 16.8 Å². The zero-order valence-corrected chi connectivity index (χ0v) is 14.2. The summed E-state index contributed by atoms with van der Waals surface area (Å²) < 4.78 is 6.45. The fraction of sp³-hybridized carbons (Fsp3) is 0.0476. The second-order valence-corrected chi connectivity index (χ2v) is 6.60. The smallest absolute Gasteiger partial charge is 0.174 e. The van der Waals surface area contributed by atoms with Gasteiger partial charge in [-0.05, 0) is 35.2 Å². The maximum atomic E-state index is 8.53. The van der Waals surface area contributed by atoms with E-state index >= 15 is 0 Å². The monoisotopic (exact) mass is 342 g/mol. The van der Waals surface area contributed by atoms with Crippen molar-refractivity contribution in [1.29, 1.82) is 5.26 Å². The van der Waals surface area contributed by atoms with Gasteiger partial charge in [-0.15, -0.1) is 11.3 Å². The molecule has 3 aromatic carbocycles. The molecule has 4 rings (SSSR count). The number of rotatable bonds is 4. The normalized spacial score (nSPS) is 11.2. The summed E-state index contributed by atoms with van der Waals surface area (Å²) >= 11 is 1.69. The van der Waals surface area contributed by atoms with Gasteiger partial charge in [-0.3, -0.25) is 0 Å². The third-order valence-electron chi connectivity index (χ3n) is 3.90. The van der Waals surface area contributed by atoms with Crippen molar-refractivity contribution in [2.24, 2.45) is 0 Å². The van der Waals surface area contributed by atoms with Gasteiger partial charge in [0.25, 0.3) is 0 Å². The van der Waals surface area contributed by atoms with E-state index in [0.717, 1.165) is 16.1 Å². The molecule has 0 saturated carbocycles. The minimum absolute atomic E-state index is 0.0643. The van der Waals surface area contributed by atoms with Gasteiger partial charge in [-0.1, -0.05) is 48.5 Å². The zero-order chi connectivity index (χ0) is 17.1. The van der Waals surface area contributed by atoms with Crippen LogP contribution in [-0.2, 0) is 0 Å². The van der Waals surface area contributed by atoms with Crippen molar-refractivity contribution in [3.63, 3.8) is 0 Å². The van der Waals surface area contributed by atoms with Crippen LogP contribution in [0.2, 0.25) is 0 Å². The number of nitriles is 1. The molecule has 4 heteroatoms. The summed E-state index contributed by atoms with van der Waals surface area (Å²) in [5.74, 6) is 0.699. The first-order chi connectivity index (χ1) is 12.3. The summed E-state index contributed by atoms with van der Waals surface area (Å²) in [6, 6.07) is 22.2. The molecule has 3 nitrogen and oxygen atoms in total. The second kappa shape index (κ2) is 6.76. The molecule has 0 aliphatic rings. The maximum Gasteiger partial charge on any atom is 0.174 e. The molecule has 1 heterocycles. The number of thiazole rings is 1. The third-order valence-corrected chi connectivity index (χ3v) is 4.89. The molecule has 0 aliphatic heterocycles. The van der Waals surface area contributed by atoms with E-state index in [0.29, 0.717) is 5.75 Å². The SMILES string of the molecule is N#CCOc1ccc(/C=C/c2nc3c(ccc4ccccc43)s2)cc1. The van der Waals surface area contributed by atoms with Gasteiger partial charge in [0.05, 0.1) is 10.2 Å². The molecule has 0 radical (unpaired) electrons. The maximum absolute atomic E-state index is 8.53. The first-order valence-corrected chi connectivity index (χ1v) is 8.71. The average molecular weight is 342 g/mol. The zero-order valence-electron chi connectivity index (χ0n) is 13.3. The van der Waals surface area contributed by atoms with Crippen molar-refractivity contribution in [1.82, 2.24) is 4.98 Å². The molecule has 0 bridgehead atoms. The number of fused-ring (bicyclic) bond motifs is 3. The molecule has 0 aliphatic carbocycles. The molecule has 0 atom stereocenters. The number of aromatic nitrogens is 1. The Bertz CT molecular complexity index is 1100. The Hall–Kier alpha value is -3.16. The van der Waals surface area contributed by atoms with E-state index in [1.54, 1.807) is 11.3 Å². The van der Waals surface area contributed by atoms with E-state index in [1.165, 1.54) is 15.5 Å². The largest absolute Gasteiger partial charge is 0.479 e. The highest BCUT2D eigenvalue weighted by Crippen LogP contribution is 2.30. The Morgan fingerprint density at radius 1 is 1.00 bits per heavy atom. The molecule has 0 spiro atoms. The molecule has 0 N–H and O–H groups in total. The molecular weight excluding hydrogens is 328 g/mol. The highest BCUT2D eigenvalue weighted by molar-refractivity contribution is 7.19. The number of hydrogen-bond acceptors (Lipinski definition) is 4. The van der Waals surface area contributed by atoms with Gasteiger partial charge in [-0.25, -0.2) is 4.98 Å². The summed E-state index contributed by atoms with van der Waals surface area (Å²) in [5.41, 5.74) is 2.12. The summed E-state index contributed by atoms with van der Waals surface area (Å²) in [6.07, 6.45) is 4.07. The summed E-state index contributed by atoms with van der Waals surface area (Å²) in [7, 11) is 0. The Balaban J connectivity index is 1.61. The number of benzene rings is 3. The fourth-order valence-electron chi connectivity index (χ4n) is 2.71. The number of ether oxygens (including phenoxy) is 1. The highest BCUT2D eigenvalue weighted by Gasteiger charge is 2.05. The molecule has 0 saturated heterocycles. The van der Waals surface area contributed by atoms with Gasteiger partial charge in [-0.2, -0.15) is 5.26 Å². The average Bonchev–Trinajstić information content (AvgIpc) is 3.09. The van der Waals surface area contributed by atoms with Crippen molar-refractivity contribution in [3.05, 3.63) is 71.2 Å². The van der Waals surface area contributed by atoms with E-state index in [-0.39, 0.29) is 6.61 Å². The van der Waals surface area contributed by atoms with E-state index in [1.807, 2.05) is 54.6 Å². The second-order valence-electron chi connectivity index (χ2n) is 5.53. The minimum atomic E-state index is 0.0643. The van der Waals surface area contributed by atoms with Crippen molar-refractivity contribution in [2.45, 2.75) is 0 Å². The highest BCUT2D eigenvalue weighted by atomic mass is 32.1. The lowest BCUT2D eigenvalue weighted by Gasteiger charge is -2.00. The van der Waals surface area contributed by atoms with Gasteiger partial charge in [0.15, 0.2) is 6.61 Å². The van der Waals surface area contributed by atoms with Gasteiger partial charge in [0.2, 0.25) is 0 Å². The first-order valence-electron chi connectivity index (χ1n) is 7.90. The molecule has 4 aromatic rings. The van der Waals surface area contributed by atoms with Crippen LogP contribution in [0.1, 0.15) is 10.6 Å². The topological polar surface area (TPSA) is 45.9 Å².